The average Bonchev–Trinajstić information content (AvgIpc) is 3.32. The minimum Gasteiger partial charge on any atom is -0.309 e. The Balaban J connectivity index is 1.43. The van der Waals surface area contributed by atoms with Crippen LogP contribution in [-0.4, -0.2) is 19.5 Å². The Labute approximate surface area is 227 Å². The molecule has 7 rings (SSSR count). The van der Waals surface area contributed by atoms with E-state index >= 15 is 0 Å². The molecule has 0 amide bonds. The van der Waals surface area contributed by atoms with Crippen molar-refractivity contribution in [2.45, 2.75) is 13.8 Å². The summed E-state index contributed by atoms with van der Waals surface area (Å²) in [6, 6.07) is 41.8. The van der Waals surface area contributed by atoms with Gasteiger partial charge in [-0.15, -0.1) is 0 Å². The molecule has 0 aliphatic rings. The van der Waals surface area contributed by atoms with Crippen molar-refractivity contribution in [3.8, 4) is 39.9 Å². The van der Waals surface area contributed by atoms with Crippen molar-refractivity contribution in [3.63, 3.8) is 0 Å². The summed E-state index contributed by atoms with van der Waals surface area (Å²) in [5.41, 5.74) is 8.84. The van der Waals surface area contributed by atoms with Gasteiger partial charge in [0.05, 0.1) is 16.7 Å². The number of nitrogens with zero attached hydrogens (tertiary/aromatic N) is 4. The number of fused-ring (bicyclic) bond motifs is 3. The van der Waals surface area contributed by atoms with Crippen molar-refractivity contribution in [2.75, 3.05) is 0 Å². The smallest absolute Gasteiger partial charge is 0.164 e. The lowest BCUT2D eigenvalue weighted by Gasteiger charge is -2.16. The quantitative estimate of drug-likeness (QED) is 0.242. The Morgan fingerprint density at radius 2 is 0.821 bits per heavy atom. The Hall–Kier alpha value is -5.09. The van der Waals surface area contributed by atoms with Gasteiger partial charge in [-0.3, -0.25) is 0 Å². The fourth-order valence-electron chi connectivity index (χ4n) is 5.54. The van der Waals surface area contributed by atoms with E-state index in [1.54, 1.807) is 0 Å². The molecule has 186 valence electrons. The van der Waals surface area contributed by atoms with Gasteiger partial charge in [0.1, 0.15) is 0 Å². The van der Waals surface area contributed by atoms with Crippen molar-refractivity contribution in [1.82, 2.24) is 19.5 Å². The fourth-order valence-corrected chi connectivity index (χ4v) is 5.54. The number of hydrogen-bond acceptors (Lipinski definition) is 3. The SMILES string of the molecule is Cc1cc(-c2nc(-c3ccccc3)nc(-c3ccccc3)n2)cc(C)c1-n1c2ccccc2c2ccccc21. The predicted molar refractivity (Wildman–Crippen MR) is 160 cm³/mol. The van der Waals surface area contributed by atoms with E-state index in [2.05, 4.69) is 79.1 Å². The molecule has 7 aromatic rings. The highest BCUT2D eigenvalue weighted by molar-refractivity contribution is 6.09. The molecule has 0 radical (unpaired) electrons. The number of hydrogen-bond donors (Lipinski definition) is 0. The van der Waals surface area contributed by atoms with E-state index in [9.17, 15) is 0 Å². The summed E-state index contributed by atoms with van der Waals surface area (Å²) >= 11 is 0. The zero-order valence-electron chi connectivity index (χ0n) is 21.8. The minimum atomic E-state index is 0.668. The third-order valence-corrected chi connectivity index (χ3v) is 7.25. The molecule has 0 bridgehead atoms. The predicted octanol–water partition coefficient (Wildman–Crippen LogP) is 8.59. The normalized spacial score (nSPS) is 11.3. The van der Waals surface area contributed by atoms with E-state index in [1.165, 1.54) is 38.6 Å². The summed E-state index contributed by atoms with van der Waals surface area (Å²) in [5, 5.41) is 2.52. The van der Waals surface area contributed by atoms with Crippen LogP contribution in [0.4, 0.5) is 0 Å². The van der Waals surface area contributed by atoms with Gasteiger partial charge in [-0.25, -0.2) is 15.0 Å². The highest BCUT2D eigenvalue weighted by atomic mass is 15.0. The van der Waals surface area contributed by atoms with E-state index in [-0.39, 0.29) is 0 Å². The number of rotatable bonds is 4. The Kier molecular flexibility index (Phi) is 5.52. The van der Waals surface area contributed by atoms with Crippen LogP contribution < -0.4 is 0 Å². The van der Waals surface area contributed by atoms with Crippen molar-refractivity contribution >= 4 is 21.8 Å². The van der Waals surface area contributed by atoms with Gasteiger partial charge >= 0.3 is 0 Å². The van der Waals surface area contributed by atoms with Gasteiger partial charge in [-0.2, -0.15) is 0 Å². The first-order chi connectivity index (χ1) is 19.2. The lowest BCUT2D eigenvalue weighted by Crippen LogP contribution is -2.03. The van der Waals surface area contributed by atoms with E-state index in [4.69, 9.17) is 15.0 Å². The van der Waals surface area contributed by atoms with E-state index in [0.29, 0.717) is 17.5 Å². The molecule has 0 aliphatic carbocycles. The average molecular weight is 503 g/mol. The second kappa shape index (κ2) is 9.34. The maximum atomic E-state index is 4.94. The largest absolute Gasteiger partial charge is 0.309 e. The molecule has 0 N–H and O–H groups in total. The maximum Gasteiger partial charge on any atom is 0.164 e. The topological polar surface area (TPSA) is 43.6 Å². The molecule has 0 spiro atoms. The number of aryl methyl sites for hydroxylation is 2. The molecular formula is C35H26N4. The van der Waals surface area contributed by atoms with Gasteiger partial charge in [0.2, 0.25) is 0 Å². The van der Waals surface area contributed by atoms with E-state index < -0.39 is 0 Å². The summed E-state index contributed by atoms with van der Waals surface area (Å²) < 4.78 is 2.39. The molecule has 0 aliphatic heterocycles. The van der Waals surface area contributed by atoms with E-state index in [0.717, 1.165) is 16.7 Å². The Bertz CT molecular complexity index is 1840. The van der Waals surface area contributed by atoms with Crippen LogP contribution in [0.1, 0.15) is 11.1 Å². The molecule has 39 heavy (non-hydrogen) atoms. The first-order valence-electron chi connectivity index (χ1n) is 13.1. The molecule has 0 atom stereocenters. The summed E-state index contributed by atoms with van der Waals surface area (Å²) in [6.07, 6.45) is 0. The minimum absolute atomic E-state index is 0.668. The van der Waals surface area contributed by atoms with Gasteiger partial charge in [0.25, 0.3) is 0 Å². The second-order valence-electron chi connectivity index (χ2n) is 9.87. The number of aromatic nitrogens is 4. The summed E-state index contributed by atoms with van der Waals surface area (Å²) in [7, 11) is 0. The van der Waals surface area contributed by atoms with Gasteiger partial charge in [-0.05, 0) is 49.2 Å². The first-order valence-corrected chi connectivity index (χ1v) is 13.1. The molecule has 0 fully saturated rings. The van der Waals surface area contributed by atoms with Crippen LogP contribution in [0.2, 0.25) is 0 Å². The van der Waals surface area contributed by atoms with Crippen LogP contribution in [0, 0.1) is 13.8 Å². The third kappa shape index (κ3) is 3.98. The van der Waals surface area contributed by atoms with Gasteiger partial charge in [-0.1, -0.05) is 97.1 Å². The van der Waals surface area contributed by atoms with Crippen LogP contribution in [0.5, 0.6) is 0 Å². The monoisotopic (exact) mass is 502 g/mol. The highest BCUT2D eigenvalue weighted by Crippen LogP contribution is 2.36. The number of benzene rings is 5. The molecular weight excluding hydrogens is 476 g/mol. The van der Waals surface area contributed by atoms with Gasteiger partial charge in [0.15, 0.2) is 17.5 Å². The standard InChI is InChI=1S/C35H26N4/c1-23-21-27(22-24(2)32(23)39-30-19-11-9-17-28(30)29-18-10-12-20-31(29)39)35-37-33(25-13-5-3-6-14-25)36-34(38-35)26-15-7-4-8-16-26/h3-22H,1-2H3. The molecule has 0 saturated carbocycles. The summed E-state index contributed by atoms with van der Waals surface area (Å²) in [6.45, 7) is 4.35. The van der Waals surface area contributed by atoms with Crippen LogP contribution >= 0.6 is 0 Å². The highest BCUT2D eigenvalue weighted by Gasteiger charge is 2.18. The zero-order valence-corrected chi connectivity index (χ0v) is 21.8. The van der Waals surface area contributed by atoms with Gasteiger partial charge < -0.3 is 4.57 Å². The third-order valence-electron chi connectivity index (χ3n) is 7.25. The van der Waals surface area contributed by atoms with Crippen molar-refractivity contribution in [3.05, 3.63) is 132 Å². The Morgan fingerprint density at radius 3 is 1.28 bits per heavy atom. The Morgan fingerprint density at radius 1 is 0.436 bits per heavy atom. The van der Waals surface area contributed by atoms with E-state index in [1.807, 2.05) is 60.7 Å². The molecule has 4 nitrogen and oxygen atoms in total. The second-order valence-corrected chi connectivity index (χ2v) is 9.87. The van der Waals surface area contributed by atoms with Crippen LogP contribution in [-0.2, 0) is 0 Å². The summed E-state index contributed by atoms with van der Waals surface area (Å²) in [4.78, 5) is 14.7. The summed E-state index contributed by atoms with van der Waals surface area (Å²) in [5.74, 6) is 2.00. The molecule has 5 aromatic carbocycles. The first kappa shape index (κ1) is 23.1. The van der Waals surface area contributed by atoms with Crippen LogP contribution in [0.3, 0.4) is 0 Å². The molecule has 0 saturated heterocycles. The molecule has 0 unspecified atom stereocenters. The van der Waals surface area contributed by atoms with Crippen molar-refractivity contribution < 1.29 is 0 Å². The van der Waals surface area contributed by atoms with Gasteiger partial charge in [0, 0.05) is 27.5 Å². The molecule has 2 aromatic heterocycles. The lowest BCUT2D eigenvalue weighted by atomic mass is 10.0. The fraction of sp³-hybridized carbons (Fsp3) is 0.0571. The molecule has 4 heteroatoms. The lowest BCUT2D eigenvalue weighted by molar-refractivity contribution is 1.07. The zero-order chi connectivity index (χ0) is 26.3. The maximum absolute atomic E-state index is 4.94. The van der Waals surface area contributed by atoms with Crippen molar-refractivity contribution in [1.29, 1.82) is 0 Å². The van der Waals surface area contributed by atoms with Crippen molar-refractivity contribution in [2.24, 2.45) is 0 Å². The number of para-hydroxylation sites is 2. The van der Waals surface area contributed by atoms with Crippen LogP contribution in [0.25, 0.3) is 61.7 Å². The molecule has 2 heterocycles. The van der Waals surface area contributed by atoms with Crippen LogP contribution in [0.15, 0.2) is 121 Å².